The molecule has 0 unspecified atom stereocenters. The molecule has 138 valence electrons. The van der Waals surface area contributed by atoms with Gasteiger partial charge >= 0.3 is 5.97 Å². The second kappa shape index (κ2) is 8.39. The Kier molecular flexibility index (Phi) is 6.24. The molecule has 0 spiro atoms. The molecule has 1 heterocycles. The van der Waals surface area contributed by atoms with Crippen LogP contribution in [0.3, 0.4) is 0 Å². The minimum atomic E-state index is -0.577. The third kappa shape index (κ3) is 3.97. The van der Waals surface area contributed by atoms with Crippen molar-refractivity contribution in [3.63, 3.8) is 0 Å². The zero-order chi connectivity index (χ0) is 19.3. The minimum absolute atomic E-state index is 0.0519. The van der Waals surface area contributed by atoms with Gasteiger partial charge in [-0.25, -0.2) is 4.79 Å². The van der Waals surface area contributed by atoms with Gasteiger partial charge in [0.2, 0.25) is 0 Å². The molecule has 0 N–H and O–H groups in total. The molecule has 1 aromatic rings. The number of carbonyl (C=O) groups is 2. The van der Waals surface area contributed by atoms with Gasteiger partial charge in [-0.15, -0.1) is 0 Å². The van der Waals surface area contributed by atoms with Crippen molar-refractivity contribution in [1.29, 1.82) is 0 Å². The average molecular weight is 360 g/mol. The van der Waals surface area contributed by atoms with Gasteiger partial charge < -0.3 is 14.4 Å². The number of carbonyl (C=O) groups excluding carboxylic acids is 2. The van der Waals surface area contributed by atoms with Crippen LogP contribution in [-0.2, 0) is 19.1 Å². The Morgan fingerprint density at radius 3 is 2.50 bits per heavy atom. The first-order chi connectivity index (χ1) is 12.4. The highest BCUT2D eigenvalue weighted by atomic mass is 16.6. The Hall–Kier alpha value is -3.00. The molecule has 0 saturated heterocycles. The molecule has 8 heteroatoms. The van der Waals surface area contributed by atoms with E-state index in [2.05, 4.69) is 0 Å². The van der Waals surface area contributed by atoms with Crippen molar-refractivity contribution in [3.05, 3.63) is 56.8 Å². The largest absolute Gasteiger partial charge is 0.462 e. The fourth-order valence-electron chi connectivity index (χ4n) is 2.64. The van der Waals surface area contributed by atoms with E-state index in [0.717, 1.165) is 0 Å². The summed E-state index contributed by atoms with van der Waals surface area (Å²) >= 11 is 0. The molecule has 0 radical (unpaired) electrons. The lowest BCUT2D eigenvalue weighted by molar-refractivity contribution is -0.384. The molecule has 0 aromatic heterocycles. The van der Waals surface area contributed by atoms with E-state index in [0.29, 0.717) is 24.4 Å². The molecule has 1 aromatic carbocycles. The Labute approximate surface area is 150 Å². The zero-order valence-corrected chi connectivity index (χ0v) is 14.9. The van der Waals surface area contributed by atoms with Gasteiger partial charge in [-0.1, -0.05) is 0 Å². The third-order valence-electron chi connectivity index (χ3n) is 3.93. The van der Waals surface area contributed by atoms with E-state index in [4.69, 9.17) is 9.47 Å². The van der Waals surface area contributed by atoms with Crippen LogP contribution in [-0.4, -0.2) is 48.6 Å². The van der Waals surface area contributed by atoms with Crippen LogP contribution in [0.15, 0.2) is 41.1 Å². The molecule has 0 aliphatic carbocycles. The van der Waals surface area contributed by atoms with E-state index in [9.17, 15) is 19.7 Å². The summed E-state index contributed by atoms with van der Waals surface area (Å²) in [4.78, 5) is 36.8. The van der Waals surface area contributed by atoms with Crippen molar-refractivity contribution in [2.45, 2.75) is 13.8 Å². The van der Waals surface area contributed by atoms with Crippen molar-refractivity contribution < 1.29 is 24.0 Å². The number of esters is 1. The predicted molar refractivity (Wildman–Crippen MR) is 94.0 cm³/mol. The molecule has 1 amide bonds. The SMILES string of the molecule is CCOC(=O)C1=C(C)N(CCOC)C(=O)/C1=C/c1ccc([N+](=O)[O-])cc1. The van der Waals surface area contributed by atoms with E-state index in [1.807, 2.05) is 0 Å². The molecule has 8 nitrogen and oxygen atoms in total. The van der Waals surface area contributed by atoms with Crippen molar-refractivity contribution in [2.24, 2.45) is 0 Å². The van der Waals surface area contributed by atoms with E-state index in [-0.39, 0.29) is 29.3 Å². The predicted octanol–water partition coefficient (Wildman–Crippen LogP) is 2.30. The molecule has 26 heavy (non-hydrogen) atoms. The summed E-state index contributed by atoms with van der Waals surface area (Å²) < 4.78 is 10.1. The number of rotatable bonds is 7. The molecule has 0 atom stereocenters. The highest BCUT2D eigenvalue weighted by Crippen LogP contribution is 2.31. The lowest BCUT2D eigenvalue weighted by atomic mass is 10.0. The number of non-ortho nitro benzene ring substituents is 1. The first-order valence-electron chi connectivity index (χ1n) is 8.06. The van der Waals surface area contributed by atoms with Crippen molar-refractivity contribution in [1.82, 2.24) is 4.90 Å². The van der Waals surface area contributed by atoms with Gasteiger partial charge in [0, 0.05) is 31.5 Å². The lowest BCUT2D eigenvalue weighted by Crippen LogP contribution is -2.28. The Balaban J connectivity index is 2.44. The van der Waals surface area contributed by atoms with Crippen LogP contribution in [0.5, 0.6) is 0 Å². The van der Waals surface area contributed by atoms with Crippen LogP contribution >= 0.6 is 0 Å². The first-order valence-corrected chi connectivity index (χ1v) is 8.06. The third-order valence-corrected chi connectivity index (χ3v) is 3.93. The highest BCUT2D eigenvalue weighted by Gasteiger charge is 2.36. The number of nitro benzene ring substituents is 1. The summed E-state index contributed by atoms with van der Waals surface area (Å²) in [5.74, 6) is -0.910. The smallest absolute Gasteiger partial charge is 0.340 e. The van der Waals surface area contributed by atoms with Crippen LogP contribution < -0.4 is 0 Å². The minimum Gasteiger partial charge on any atom is -0.462 e. The quantitative estimate of drug-likeness (QED) is 0.320. The molecule has 0 fully saturated rings. The van der Waals surface area contributed by atoms with Crippen LogP contribution in [0.1, 0.15) is 19.4 Å². The van der Waals surface area contributed by atoms with Gasteiger partial charge in [-0.2, -0.15) is 0 Å². The lowest BCUT2D eigenvalue weighted by Gasteiger charge is -2.16. The second-order valence-electron chi connectivity index (χ2n) is 5.54. The average Bonchev–Trinajstić information content (AvgIpc) is 2.84. The second-order valence-corrected chi connectivity index (χ2v) is 5.54. The Morgan fingerprint density at radius 1 is 1.31 bits per heavy atom. The summed E-state index contributed by atoms with van der Waals surface area (Å²) in [5, 5.41) is 10.8. The molecular formula is C18H20N2O6. The maximum Gasteiger partial charge on any atom is 0.340 e. The summed E-state index contributed by atoms with van der Waals surface area (Å²) in [6, 6.07) is 5.73. The monoisotopic (exact) mass is 360 g/mol. The first kappa shape index (κ1) is 19.3. The number of allylic oxidation sites excluding steroid dienone is 1. The van der Waals surface area contributed by atoms with Crippen molar-refractivity contribution >= 4 is 23.6 Å². The van der Waals surface area contributed by atoms with Gasteiger partial charge in [0.15, 0.2) is 0 Å². The number of hydrogen-bond donors (Lipinski definition) is 0. The van der Waals surface area contributed by atoms with E-state index in [1.54, 1.807) is 13.8 Å². The van der Waals surface area contributed by atoms with Crippen LogP contribution in [0.25, 0.3) is 6.08 Å². The molecule has 1 aliphatic heterocycles. The number of benzene rings is 1. The van der Waals surface area contributed by atoms with Crippen molar-refractivity contribution in [2.75, 3.05) is 26.9 Å². The molecular weight excluding hydrogens is 340 g/mol. The summed E-state index contributed by atoms with van der Waals surface area (Å²) in [7, 11) is 1.53. The normalized spacial score (nSPS) is 15.7. The number of nitrogens with zero attached hydrogens (tertiary/aromatic N) is 2. The van der Waals surface area contributed by atoms with E-state index in [1.165, 1.54) is 42.4 Å². The number of methoxy groups -OCH3 is 1. The van der Waals surface area contributed by atoms with Gasteiger partial charge in [-0.05, 0) is 37.6 Å². The van der Waals surface area contributed by atoms with Crippen LogP contribution in [0.2, 0.25) is 0 Å². The molecule has 0 bridgehead atoms. The standard InChI is InChI=1S/C18H20N2O6/c1-4-26-18(22)16-12(2)19(9-10-25-3)17(21)15(16)11-13-5-7-14(8-6-13)20(23)24/h5-8,11H,4,9-10H2,1-3H3/b15-11+. The fourth-order valence-corrected chi connectivity index (χ4v) is 2.64. The topological polar surface area (TPSA) is 99.0 Å². The maximum atomic E-state index is 12.8. The zero-order valence-electron chi connectivity index (χ0n) is 14.9. The Morgan fingerprint density at radius 2 is 1.96 bits per heavy atom. The fraction of sp³-hybridized carbons (Fsp3) is 0.333. The summed E-state index contributed by atoms with van der Waals surface area (Å²) in [6.45, 7) is 4.18. The van der Waals surface area contributed by atoms with Gasteiger partial charge in [0.05, 0.1) is 29.3 Å². The molecule has 2 rings (SSSR count). The van der Waals surface area contributed by atoms with Crippen LogP contribution in [0, 0.1) is 10.1 Å². The number of nitro groups is 1. The van der Waals surface area contributed by atoms with Crippen molar-refractivity contribution in [3.8, 4) is 0 Å². The van der Waals surface area contributed by atoms with Gasteiger partial charge in [0.25, 0.3) is 11.6 Å². The number of hydrogen-bond acceptors (Lipinski definition) is 6. The molecule has 0 saturated carbocycles. The number of amides is 1. The molecule has 1 aliphatic rings. The summed E-state index contributed by atoms with van der Waals surface area (Å²) in [5.41, 5.74) is 1.42. The van der Waals surface area contributed by atoms with E-state index < -0.39 is 10.9 Å². The number of ether oxygens (including phenoxy) is 2. The highest BCUT2D eigenvalue weighted by molar-refractivity contribution is 6.16. The maximum absolute atomic E-state index is 12.8. The van der Waals surface area contributed by atoms with Gasteiger partial charge in [0.1, 0.15) is 0 Å². The Bertz CT molecular complexity index is 779. The van der Waals surface area contributed by atoms with Gasteiger partial charge in [-0.3, -0.25) is 14.9 Å². The van der Waals surface area contributed by atoms with E-state index >= 15 is 0 Å². The summed E-state index contributed by atoms with van der Waals surface area (Å²) in [6.07, 6.45) is 1.54. The van der Waals surface area contributed by atoms with Crippen LogP contribution in [0.4, 0.5) is 5.69 Å².